The molecule has 1 aromatic carbocycles. The lowest BCUT2D eigenvalue weighted by Gasteiger charge is -2.36. The first kappa shape index (κ1) is 19.9. The number of ether oxygens (including phenoxy) is 2. The van der Waals surface area contributed by atoms with Crippen molar-refractivity contribution in [2.45, 2.75) is 45.6 Å². The van der Waals surface area contributed by atoms with E-state index in [-0.39, 0.29) is 30.6 Å². The molecule has 1 spiro atoms. The van der Waals surface area contributed by atoms with E-state index in [9.17, 15) is 14.4 Å². The average molecular weight is 386 g/mol. The molecule has 2 atom stereocenters. The maximum atomic E-state index is 12.7. The third-order valence-electron chi connectivity index (χ3n) is 5.26. The molecule has 0 radical (unpaired) electrons. The zero-order valence-corrected chi connectivity index (χ0v) is 16.4. The molecule has 2 aliphatic carbocycles. The largest absolute Gasteiger partial charge is 0.449 e. The SMILES string of the molecule is CCOC(=O)NN(C(=O)OCC)C1[C@@H](c2cc(C)cc(C=O)c2)C=CC12CC2. The lowest BCUT2D eigenvalue weighted by Crippen LogP contribution is -2.56. The fourth-order valence-corrected chi connectivity index (χ4v) is 3.96. The van der Waals surface area contributed by atoms with E-state index in [2.05, 4.69) is 17.6 Å². The Bertz CT molecular complexity index is 800. The summed E-state index contributed by atoms with van der Waals surface area (Å²) in [6.07, 6.45) is 5.50. The van der Waals surface area contributed by atoms with Crippen LogP contribution < -0.4 is 5.43 Å². The quantitative estimate of drug-likeness (QED) is 0.473. The number of aldehydes is 1. The van der Waals surface area contributed by atoms with Crippen molar-refractivity contribution in [1.29, 1.82) is 0 Å². The minimum atomic E-state index is -0.699. The molecule has 0 heterocycles. The summed E-state index contributed by atoms with van der Waals surface area (Å²) in [7, 11) is 0. The number of rotatable bonds is 5. The predicted octanol–water partition coefficient (Wildman–Crippen LogP) is 3.73. The van der Waals surface area contributed by atoms with E-state index >= 15 is 0 Å². The first-order valence-electron chi connectivity index (χ1n) is 9.59. The summed E-state index contributed by atoms with van der Waals surface area (Å²) in [6.45, 7) is 5.73. The molecule has 28 heavy (non-hydrogen) atoms. The topological polar surface area (TPSA) is 84.9 Å². The first-order chi connectivity index (χ1) is 13.4. The number of hydrogen-bond acceptors (Lipinski definition) is 5. The molecule has 7 heteroatoms. The third-order valence-corrected chi connectivity index (χ3v) is 5.26. The van der Waals surface area contributed by atoms with Crippen LogP contribution in [0.25, 0.3) is 0 Å². The van der Waals surface area contributed by atoms with Crippen molar-refractivity contribution < 1.29 is 23.9 Å². The highest BCUT2D eigenvalue weighted by atomic mass is 16.6. The maximum absolute atomic E-state index is 12.7. The van der Waals surface area contributed by atoms with Crippen LogP contribution in [0.3, 0.4) is 0 Å². The van der Waals surface area contributed by atoms with E-state index in [1.165, 1.54) is 5.01 Å². The van der Waals surface area contributed by atoms with Crippen LogP contribution in [0.5, 0.6) is 0 Å². The van der Waals surface area contributed by atoms with Crippen LogP contribution >= 0.6 is 0 Å². The Balaban J connectivity index is 1.98. The molecule has 0 saturated heterocycles. The number of nitrogens with one attached hydrogen (secondary N) is 1. The Labute approximate surface area is 164 Å². The Hall–Kier alpha value is -2.83. The minimum absolute atomic E-state index is 0.174. The summed E-state index contributed by atoms with van der Waals surface area (Å²) < 4.78 is 10.2. The average Bonchev–Trinajstić information content (AvgIpc) is 3.33. The number of carbonyl (C=O) groups is 3. The van der Waals surface area contributed by atoms with Crippen molar-refractivity contribution in [3.05, 3.63) is 47.0 Å². The van der Waals surface area contributed by atoms with Crippen LogP contribution in [0.2, 0.25) is 0 Å². The summed E-state index contributed by atoms with van der Waals surface area (Å²) in [6, 6.07) is 5.30. The van der Waals surface area contributed by atoms with Gasteiger partial charge in [-0.2, -0.15) is 0 Å². The van der Waals surface area contributed by atoms with E-state index < -0.39 is 12.2 Å². The van der Waals surface area contributed by atoms with Crippen molar-refractivity contribution in [2.75, 3.05) is 13.2 Å². The van der Waals surface area contributed by atoms with Crippen molar-refractivity contribution in [3.63, 3.8) is 0 Å². The van der Waals surface area contributed by atoms with Gasteiger partial charge in [0.2, 0.25) is 0 Å². The zero-order chi connectivity index (χ0) is 20.3. The lowest BCUT2D eigenvalue weighted by molar-refractivity contribution is 0.0415. The minimum Gasteiger partial charge on any atom is -0.449 e. The van der Waals surface area contributed by atoms with Gasteiger partial charge in [-0.05, 0) is 51.3 Å². The highest BCUT2D eigenvalue weighted by Gasteiger charge is 2.57. The number of amides is 2. The third kappa shape index (κ3) is 3.88. The molecule has 0 bridgehead atoms. The number of nitrogens with zero attached hydrogens (tertiary/aromatic N) is 1. The number of hydrogen-bond donors (Lipinski definition) is 1. The standard InChI is InChI=1S/C21H26N2O5/c1-4-27-19(25)22-23(20(26)28-5-2)18-17(6-7-21(18)8-9-21)16-11-14(3)10-15(12-16)13-24/h6-7,10-13,17-18H,4-5,8-9H2,1-3H3,(H,22,25)/t17-,18?/m1/s1. The molecular formula is C21H26N2O5. The monoisotopic (exact) mass is 386 g/mol. The molecule has 2 aliphatic rings. The number of benzene rings is 1. The van der Waals surface area contributed by atoms with Gasteiger partial charge in [-0.15, -0.1) is 0 Å². The highest BCUT2D eigenvalue weighted by molar-refractivity contribution is 5.76. The summed E-state index contributed by atoms with van der Waals surface area (Å²) in [5.74, 6) is -0.174. The molecule has 3 rings (SSSR count). The Morgan fingerprint density at radius 2 is 1.93 bits per heavy atom. The summed E-state index contributed by atoms with van der Waals surface area (Å²) in [4.78, 5) is 36.1. The van der Waals surface area contributed by atoms with Gasteiger partial charge in [0.15, 0.2) is 0 Å². The molecule has 1 N–H and O–H groups in total. The number of aryl methyl sites for hydroxylation is 1. The van der Waals surface area contributed by atoms with Gasteiger partial charge in [-0.25, -0.2) is 20.0 Å². The number of hydrazine groups is 1. The number of carbonyl (C=O) groups excluding carboxylic acids is 3. The molecular weight excluding hydrogens is 360 g/mol. The van der Waals surface area contributed by atoms with Crippen molar-refractivity contribution in [2.24, 2.45) is 5.41 Å². The maximum Gasteiger partial charge on any atom is 0.429 e. The molecule has 1 fully saturated rings. The van der Waals surface area contributed by atoms with Crippen LogP contribution in [0.15, 0.2) is 30.4 Å². The molecule has 0 aromatic heterocycles. The molecule has 7 nitrogen and oxygen atoms in total. The fourth-order valence-electron chi connectivity index (χ4n) is 3.96. The van der Waals surface area contributed by atoms with Gasteiger partial charge in [0.1, 0.15) is 6.29 Å². The van der Waals surface area contributed by atoms with E-state index in [1.807, 2.05) is 25.1 Å². The second kappa shape index (κ2) is 8.04. The van der Waals surface area contributed by atoms with Gasteiger partial charge in [-0.1, -0.05) is 23.8 Å². The predicted molar refractivity (Wildman–Crippen MR) is 103 cm³/mol. The van der Waals surface area contributed by atoms with Crippen molar-refractivity contribution in [3.8, 4) is 0 Å². The summed E-state index contributed by atoms with van der Waals surface area (Å²) >= 11 is 0. The van der Waals surface area contributed by atoms with Crippen LogP contribution in [-0.4, -0.2) is 42.7 Å². The van der Waals surface area contributed by atoms with E-state index in [4.69, 9.17) is 9.47 Å². The second-order valence-corrected chi connectivity index (χ2v) is 7.26. The van der Waals surface area contributed by atoms with E-state index in [1.54, 1.807) is 13.8 Å². The molecule has 150 valence electrons. The molecule has 1 unspecified atom stereocenters. The smallest absolute Gasteiger partial charge is 0.429 e. The normalized spacial score (nSPS) is 21.2. The molecule has 0 aliphatic heterocycles. The highest BCUT2D eigenvalue weighted by Crippen LogP contribution is 2.59. The van der Waals surface area contributed by atoms with Gasteiger partial charge in [0, 0.05) is 16.9 Å². The van der Waals surface area contributed by atoms with Crippen molar-refractivity contribution in [1.82, 2.24) is 10.4 Å². The van der Waals surface area contributed by atoms with Gasteiger partial charge >= 0.3 is 12.2 Å². The zero-order valence-electron chi connectivity index (χ0n) is 16.4. The molecule has 1 saturated carbocycles. The van der Waals surface area contributed by atoms with Crippen LogP contribution in [0, 0.1) is 12.3 Å². The van der Waals surface area contributed by atoms with Gasteiger partial charge < -0.3 is 9.47 Å². The lowest BCUT2D eigenvalue weighted by atomic mass is 9.86. The van der Waals surface area contributed by atoms with Crippen molar-refractivity contribution >= 4 is 18.5 Å². The fraction of sp³-hybridized carbons (Fsp3) is 0.476. The Morgan fingerprint density at radius 1 is 1.21 bits per heavy atom. The van der Waals surface area contributed by atoms with Gasteiger partial charge in [-0.3, -0.25) is 4.79 Å². The van der Waals surface area contributed by atoms with Crippen LogP contribution in [0.4, 0.5) is 9.59 Å². The van der Waals surface area contributed by atoms with Crippen LogP contribution in [0.1, 0.15) is 54.1 Å². The molecule has 1 aromatic rings. The summed E-state index contributed by atoms with van der Waals surface area (Å²) in [5, 5.41) is 1.27. The van der Waals surface area contributed by atoms with E-state index in [0.29, 0.717) is 5.56 Å². The second-order valence-electron chi connectivity index (χ2n) is 7.26. The summed E-state index contributed by atoms with van der Waals surface area (Å²) in [5.41, 5.74) is 4.83. The van der Waals surface area contributed by atoms with E-state index in [0.717, 1.165) is 30.3 Å². The van der Waals surface area contributed by atoms with Gasteiger partial charge in [0.05, 0.1) is 19.3 Å². The Kier molecular flexibility index (Phi) is 5.72. The first-order valence-corrected chi connectivity index (χ1v) is 9.59. The Morgan fingerprint density at radius 3 is 2.54 bits per heavy atom. The van der Waals surface area contributed by atoms with Crippen LogP contribution in [-0.2, 0) is 9.47 Å². The van der Waals surface area contributed by atoms with Gasteiger partial charge in [0.25, 0.3) is 0 Å². The molecule has 2 amide bonds.